The van der Waals surface area contributed by atoms with Crippen molar-refractivity contribution in [1.82, 2.24) is 0 Å². The monoisotopic (exact) mass is 1290 g/mol. The number of hydrogen-bond acceptors (Lipinski definition) is 4. The highest BCUT2D eigenvalue weighted by Crippen LogP contribution is 2.63. The van der Waals surface area contributed by atoms with Crippen LogP contribution in [0.5, 0.6) is 0 Å². The summed E-state index contributed by atoms with van der Waals surface area (Å²) in [5, 5.41) is 6.67. The minimum Gasteiger partial charge on any atom is -0.415 e. The van der Waals surface area contributed by atoms with Crippen molar-refractivity contribution in [3.63, 3.8) is 0 Å². The van der Waals surface area contributed by atoms with Gasteiger partial charge in [-0.1, -0.05) is 251 Å². The van der Waals surface area contributed by atoms with Gasteiger partial charge in [0.2, 0.25) is 0 Å². The first-order valence-corrected chi connectivity index (χ1v) is 37.6. The van der Waals surface area contributed by atoms with Crippen LogP contribution in [0, 0.1) is 0 Å². The van der Waals surface area contributed by atoms with Gasteiger partial charge in [-0.25, -0.2) is 0 Å². The minimum atomic E-state index is -2.02. The number of rotatable bonds is 5. The van der Waals surface area contributed by atoms with Gasteiger partial charge in [-0.05, 0) is 187 Å². The molecule has 2 aliphatic rings. The standard InChI is InChI=1S/C88H108O4P2/c1-81(2,3)57-45-65-66-46-58(82(4,5)6)50-70(86(16,17)18)76(66)90-93(89-75(65)69(49-57)85(13,14)15)79-63(53-35-27-25-28-36-53)43-55-39-31-33-41-61(55)73(79)74-62-42-34-32-40-56(62)44-64(54-37-29-26-30-38-54)80(74)94-91-77-67(47-59(83(7,8)9)51-71(77)87(19,20)21)68-48-60(84(10,11)12)52-72(78(68)92-94)88(22,23)24/h25-30,35-38,43-52H,31-34,39-42H2,1-24H3. The van der Waals surface area contributed by atoms with E-state index in [0.29, 0.717) is 0 Å². The van der Waals surface area contributed by atoms with Crippen molar-refractivity contribution in [3.05, 3.63) is 188 Å². The lowest BCUT2D eigenvalue weighted by atomic mass is 9.77. The van der Waals surface area contributed by atoms with Gasteiger partial charge >= 0.3 is 0 Å². The summed E-state index contributed by atoms with van der Waals surface area (Å²) in [6.07, 6.45) is 8.23. The van der Waals surface area contributed by atoms with Crippen molar-refractivity contribution in [1.29, 1.82) is 0 Å². The lowest BCUT2D eigenvalue weighted by molar-refractivity contribution is 0.555. The normalized spacial score (nSPS) is 14.7. The fourth-order valence-corrected chi connectivity index (χ4v) is 18.1. The third kappa shape index (κ3) is 12.7. The van der Waals surface area contributed by atoms with Crippen LogP contribution in [-0.4, -0.2) is 0 Å². The van der Waals surface area contributed by atoms with Crippen molar-refractivity contribution in [3.8, 4) is 44.0 Å². The molecule has 0 saturated heterocycles. The van der Waals surface area contributed by atoms with E-state index in [0.717, 1.165) is 117 Å². The molecule has 12 rings (SSSR count). The van der Waals surface area contributed by atoms with Gasteiger partial charge in [0, 0.05) is 66.1 Å². The molecule has 0 fully saturated rings. The second-order valence-electron chi connectivity index (χ2n) is 36.2. The molecule has 8 aromatic carbocycles. The van der Waals surface area contributed by atoms with E-state index in [1.807, 2.05) is 0 Å². The summed E-state index contributed by atoms with van der Waals surface area (Å²) in [6, 6.07) is 47.3. The molecular weight excluding hydrogens is 1180 g/mol. The summed E-state index contributed by atoms with van der Waals surface area (Å²) in [5.41, 5.74) is 24.5. The van der Waals surface area contributed by atoms with Gasteiger partial charge in [0.15, 0.2) is 0 Å². The summed E-state index contributed by atoms with van der Waals surface area (Å²) < 4.78 is 33.5. The smallest absolute Gasteiger partial charge is 0.254 e. The minimum absolute atomic E-state index is 0.150. The molecule has 2 aromatic heterocycles. The van der Waals surface area contributed by atoms with Crippen molar-refractivity contribution >= 4 is 59.9 Å². The number of benzene rings is 8. The maximum absolute atomic E-state index is 8.39. The maximum Gasteiger partial charge on any atom is 0.254 e. The lowest BCUT2D eigenvalue weighted by Gasteiger charge is -2.30. The molecule has 494 valence electrons. The van der Waals surface area contributed by atoms with Gasteiger partial charge in [-0.3, -0.25) is 0 Å². The Morgan fingerprint density at radius 1 is 0.277 bits per heavy atom. The first kappa shape index (κ1) is 67.5. The van der Waals surface area contributed by atoms with Crippen LogP contribution < -0.4 is 0 Å². The van der Waals surface area contributed by atoms with Crippen LogP contribution in [0.1, 0.15) is 259 Å². The molecule has 2 heterocycles. The van der Waals surface area contributed by atoms with Gasteiger partial charge in [0.1, 0.15) is 22.3 Å². The molecule has 0 N–H and O–H groups in total. The van der Waals surface area contributed by atoms with Crippen molar-refractivity contribution < 1.29 is 16.8 Å². The molecule has 2 aliphatic carbocycles. The zero-order chi connectivity index (χ0) is 67.9. The van der Waals surface area contributed by atoms with Crippen molar-refractivity contribution in [2.45, 2.75) is 261 Å². The second-order valence-corrected chi connectivity index (χ2v) is 38.9. The van der Waals surface area contributed by atoms with E-state index in [4.69, 9.17) is 16.8 Å². The van der Waals surface area contributed by atoms with E-state index < -0.39 is 16.0 Å². The van der Waals surface area contributed by atoms with Gasteiger partial charge in [0.05, 0.1) is 10.6 Å². The van der Waals surface area contributed by atoms with Crippen molar-refractivity contribution in [2.75, 3.05) is 0 Å². The van der Waals surface area contributed by atoms with E-state index in [9.17, 15) is 0 Å². The van der Waals surface area contributed by atoms with E-state index >= 15 is 0 Å². The molecule has 0 bridgehead atoms. The van der Waals surface area contributed by atoms with Crippen LogP contribution in [-0.2, 0) is 69.0 Å². The Bertz CT molecular complexity index is 4210. The van der Waals surface area contributed by atoms with Crippen LogP contribution in [0.4, 0.5) is 0 Å². The molecule has 94 heavy (non-hydrogen) atoms. The zero-order valence-electron chi connectivity index (χ0n) is 61.7. The fraction of sp³-hybridized carbons (Fsp3) is 0.455. The SMILES string of the molecule is CC(C)(C)c1cc(C(C)(C)C)c2op(-c3c(-c4ccccc4)cc4c(c3-c3c5c(cc(-c6ccccc6)c3-p3oc6c(C(C)(C)C)cc(C(C)(C)C)cc6c6cc(C(C)(C)C)cc(C(C)(C)C)c6o3)CCCC5)CCCC4)oc3c(C(C)(C)C)cc(C(C)(C)C)cc3c2c1. The van der Waals surface area contributed by atoms with Crippen LogP contribution in [0.2, 0.25) is 0 Å². The van der Waals surface area contributed by atoms with Gasteiger partial charge in [-0.2, -0.15) is 0 Å². The highest BCUT2D eigenvalue weighted by Gasteiger charge is 2.38. The summed E-state index contributed by atoms with van der Waals surface area (Å²) in [6.45, 7) is 56.6. The third-order valence-corrected chi connectivity index (χ3v) is 23.4. The van der Waals surface area contributed by atoms with Gasteiger partial charge < -0.3 is 16.8 Å². The number of aryl methyl sites for hydroxylation is 2. The van der Waals surface area contributed by atoms with Gasteiger partial charge in [0.25, 0.3) is 16.0 Å². The quantitative estimate of drug-likeness (QED) is 0.172. The largest absolute Gasteiger partial charge is 0.415 e. The predicted octanol–water partition coefficient (Wildman–Crippen LogP) is 28.0. The predicted molar refractivity (Wildman–Crippen MR) is 408 cm³/mol. The fourth-order valence-electron chi connectivity index (χ4n) is 14.6. The lowest BCUT2D eigenvalue weighted by Crippen LogP contribution is -2.17. The van der Waals surface area contributed by atoms with Crippen LogP contribution in [0.3, 0.4) is 0 Å². The van der Waals surface area contributed by atoms with Crippen LogP contribution in [0.25, 0.3) is 87.9 Å². The Kier molecular flexibility index (Phi) is 17.0. The average Bonchev–Trinajstić information content (AvgIpc) is 1.28. The molecule has 0 spiro atoms. The summed E-state index contributed by atoms with van der Waals surface area (Å²) >= 11 is 0. The molecule has 0 unspecified atom stereocenters. The molecule has 6 heteroatoms. The summed E-state index contributed by atoms with van der Waals surface area (Å²) in [7, 11) is -4.03. The van der Waals surface area contributed by atoms with E-state index in [1.54, 1.807) is 0 Å². The number of fused-ring (bicyclic) bond motifs is 8. The highest BCUT2D eigenvalue weighted by molar-refractivity contribution is 7.47. The Hall–Kier alpha value is -6.44. The highest BCUT2D eigenvalue weighted by atomic mass is 31.1. The Labute approximate surface area is 566 Å². The summed E-state index contributed by atoms with van der Waals surface area (Å²) in [5.74, 6) is 0. The molecule has 4 nitrogen and oxygen atoms in total. The maximum atomic E-state index is 8.39. The molecule has 10 aromatic rings. The Morgan fingerprint density at radius 3 is 0.755 bits per heavy atom. The Balaban J connectivity index is 1.41. The first-order valence-electron chi connectivity index (χ1n) is 35.3. The summed E-state index contributed by atoms with van der Waals surface area (Å²) in [4.78, 5) is 0. The van der Waals surface area contributed by atoms with Crippen LogP contribution >= 0.6 is 16.0 Å². The second kappa shape index (κ2) is 23.7. The Morgan fingerprint density at radius 2 is 0.521 bits per heavy atom. The molecule has 0 saturated carbocycles. The number of hydrogen-bond donors (Lipinski definition) is 0. The molecule has 0 aliphatic heterocycles. The van der Waals surface area contributed by atoms with E-state index in [1.165, 1.54) is 89.0 Å². The topological polar surface area (TPSA) is 52.6 Å². The molecule has 0 amide bonds. The molecular formula is C88H108O4P2. The third-order valence-electron chi connectivity index (χ3n) is 20.4. The van der Waals surface area contributed by atoms with E-state index in [2.05, 4.69) is 287 Å². The van der Waals surface area contributed by atoms with Gasteiger partial charge in [-0.15, -0.1) is 0 Å². The van der Waals surface area contributed by atoms with Crippen LogP contribution in [0.15, 0.2) is 138 Å². The van der Waals surface area contributed by atoms with Crippen molar-refractivity contribution in [2.24, 2.45) is 0 Å². The average molecular weight is 1290 g/mol. The first-order chi connectivity index (χ1) is 43.7. The molecule has 0 radical (unpaired) electrons. The zero-order valence-corrected chi connectivity index (χ0v) is 63.5. The van der Waals surface area contributed by atoms with E-state index in [-0.39, 0.29) is 43.3 Å². The molecule has 0 atom stereocenters.